The van der Waals surface area contributed by atoms with Gasteiger partial charge in [-0.15, -0.1) is 5.06 Å². The molecule has 0 atom stereocenters. The van der Waals surface area contributed by atoms with E-state index in [0.717, 1.165) is 3.70 Å². The van der Waals surface area contributed by atoms with Gasteiger partial charge in [0.15, 0.2) is 0 Å². The van der Waals surface area contributed by atoms with Gasteiger partial charge in [0.25, 0.3) is 0 Å². The molecule has 2 heterocycles. The second-order valence-corrected chi connectivity index (χ2v) is 7.73. The third-order valence-corrected chi connectivity index (χ3v) is 3.85. The summed E-state index contributed by atoms with van der Waals surface area (Å²) in [6.45, 7) is 11.3. The zero-order valence-corrected chi connectivity index (χ0v) is 14.8. The second-order valence-electron chi connectivity index (χ2n) is 6.62. The Hall–Kier alpha value is -0.630. The summed E-state index contributed by atoms with van der Waals surface area (Å²) >= 11 is 2.24. The highest BCUT2D eigenvalue weighted by Gasteiger charge is 2.36. The molecule has 0 aromatic carbocycles. The number of carbonyl (C=O) groups is 1. The van der Waals surface area contributed by atoms with Gasteiger partial charge in [0.1, 0.15) is 3.70 Å². The number of nitrogens with zero attached hydrogens (tertiary/aromatic N) is 3. The van der Waals surface area contributed by atoms with Crippen LogP contribution in [0.15, 0.2) is 6.07 Å². The first kappa shape index (κ1) is 15.8. The van der Waals surface area contributed by atoms with Crippen LogP contribution in [0.4, 0.5) is 0 Å². The van der Waals surface area contributed by atoms with E-state index in [0.29, 0.717) is 25.0 Å². The molecule has 0 N–H and O–H groups in total. The molecule has 2 rings (SSSR count). The van der Waals surface area contributed by atoms with E-state index in [4.69, 9.17) is 4.84 Å². The zero-order chi connectivity index (χ0) is 15.1. The highest BCUT2D eigenvalue weighted by Crippen LogP contribution is 2.28. The lowest BCUT2D eigenvalue weighted by molar-refractivity contribution is -0.226. The first-order valence-electron chi connectivity index (χ1n) is 6.90. The first-order valence-corrected chi connectivity index (χ1v) is 7.98. The topological polar surface area (TPSA) is 47.4 Å². The highest BCUT2D eigenvalue weighted by atomic mass is 127. The Labute approximate surface area is 133 Å². The van der Waals surface area contributed by atoms with E-state index in [9.17, 15) is 4.79 Å². The molecular formula is C14H22IN3O2. The van der Waals surface area contributed by atoms with Gasteiger partial charge >= 0.3 is 5.97 Å². The maximum Gasteiger partial charge on any atom is 0.330 e. The van der Waals surface area contributed by atoms with Crippen LogP contribution in [0.2, 0.25) is 0 Å². The fraction of sp³-hybridized carbons (Fsp3) is 0.714. The van der Waals surface area contributed by atoms with Gasteiger partial charge in [-0.05, 0) is 55.3 Å². The summed E-state index contributed by atoms with van der Waals surface area (Å²) in [6, 6.07) is 2.42. The van der Waals surface area contributed by atoms with E-state index in [-0.39, 0.29) is 5.97 Å². The minimum atomic E-state index is -0.463. The third kappa shape index (κ3) is 3.33. The molecule has 0 spiro atoms. The van der Waals surface area contributed by atoms with E-state index in [1.54, 1.807) is 5.06 Å². The van der Waals surface area contributed by atoms with E-state index >= 15 is 0 Å². The smallest absolute Gasteiger partial charge is 0.330 e. The highest BCUT2D eigenvalue weighted by molar-refractivity contribution is 14.1. The van der Waals surface area contributed by atoms with Gasteiger partial charge in [-0.25, -0.2) is 4.79 Å². The molecule has 0 unspecified atom stereocenters. The SMILES string of the molecule is CC(C)c1cc(I)nn1C1CN(OC(=O)C(C)(C)C)C1. The van der Waals surface area contributed by atoms with Gasteiger partial charge < -0.3 is 4.84 Å². The van der Waals surface area contributed by atoms with Crippen LogP contribution in [0.1, 0.15) is 52.3 Å². The van der Waals surface area contributed by atoms with Crippen molar-refractivity contribution in [1.82, 2.24) is 14.8 Å². The number of halogens is 1. The van der Waals surface area contributed by atoms with Crippen molar-refractivity contribution < 1.29 is 9.63 Å². The summed E-state index contributed by atoms with van der Waals surface area (Å²) < 4.78 is 3.09. The minimum Gasteiger partial charge on any atom is -0.367 e. The number of hydrogen-bond acceptors (Lipinski definition) is 4. The Morgan fingerprint density at radius 3 is 2.55 bits per heavy atom. The normalized spacial score (nSPS) is 17.4. The Morgan fingerprint density at radius 1 is 1.45 bits per heavy atom. The van der Waals surface area contributed by atoms with Crippen LogP contribution in [0, 0.1) is 9.12 Å². The van der Waals surface area contributed by atoms with Gasteiger partial charge in [0.05, 0.1) is 24.5 Å². The molecule has 0 saturated carbocycles. The molecule has 112 valence electrons. The Bertz CT molecular complexity index is 499. The van der Waals surface area contributed by atoms with Gasteiger partial charge in [-0.1, -0.05) is 13.8 Å². The number of aromatic nitrogens is 2. The van der Waals surface area contributed by atoms with Gasteiger partial charge in [-0.3, -0.25) is 4.68 Å². The molecule has 1 aromatic heterocycles. The average molecular weight is 391 g/mol. The molecule has 0 amide bonds. The van der Waals surface area contributed by atoms with Gasteiger partial charge in [-0.2, -0.15) is 5.10 Å². The molecule has 0 aliphatic carbocycles. The molecule has 0 radical (unpaired) electrons. The summed E-state index contributed by atoms with van der Waals surface area (Å²) in [5.74, 6) is 0.257. The lowest BCUT2D eigenvalue weighted by atomic mass is 9.98. The summed E-state index contributed by atoms with van der Waals surface area (Å²) in [4.78, 5) is 17.2. The molecule has 1 saturated heterocycles. The lowest BCUT2D eigenvalue weighted by Gasteiger charge is -2.39. The van der Waals surface area contributed by atoms with Crippen LogP contribution >= 0.6 is 22.6 Å². The number of carbonyl (C=O) groups excluding carboxylic acids is 1. The van der Waals surface area contributed by atoms with Crippen molar-refractivity contribution in [2.45, 2.75) is 46.6 Å². The number of hydroxylamine groups is 2. The average Bonchev–Trinajstić information content (AvgIpc) is 2.63. The van der Waals surface area contributed by atoms with E-state index in [2.05, 4.69) is 52.3 Å². The number of hydrogen-bond donors (Lipinski definition) is 0. The van der Waals surface area contributed by atoms with Crippen LogP contribution < -0.4 is 0 Å². The van der Waals surface area contributed by atoms with Crippen molar-refractivity contribution in [2.24, 2.45) is 5.41 Å². The third-order valence-electron chi connectivity index (χ3n) is 3.33. The van der Waals surface area contributed by atoms with Crippen molar-refractivity contribution in [3.63, 3.8) is 0 Å². The minimum absolute atomic E-state index is 0.185. The molecule has 0 bridgehead atoms. The molecule has 1 fully saturated rings. The molecule has 1 aliphatic heterocycles. The molecule has 20 heavy (non-hydrogen) atoms. The van der Waals surface area contributed by atoms with Crippen molar-refractivity contribution in [3.8, 4) is 0 Å². The summed E-state index contributed by atoms with van der Waals surface area (Å²) in [7, 11) is 0. The van der Waals surface area contributed by atoms with Crippen molar-refractivity contribution in [3.05, 3.63) is 15.5 Å². The van der Waals surface area contributed by atoms with Crippen LogP contribution in [0.25, 0.3) is 0 Å². The predicted octanol–water partition coefficient (Wildman–Crippen LogP) is 2.97. The maximum atomic E-state index is 11.8. The van der Waals surface area contributed by atoms with Crippen LogP contribution in [0.3, 0.4) is 0 Å². The van der Waals surface area contributed by atoms with E-state index in [1.807, 2.05) is 20.8 Å². The fourth-order valence-electron chi connectivity index (χ4n) is 2.00. The van der Waals surface area contributed by atoms with Crippen molar-refractivity contribution >= 4 is 28.6 Å². The Morgan fingerprint density at radius 2 is 2.05 bits per heavy atom. The van der Waals surface area contributed by atoms with Crippen molar-refractivity contribution in [2.75, 3.05) is 13.1 Å². The monoisotopic (exact) mass is 391 g/mol. The van der Waals surface area contributed by atoms with Crippen LogP contribution in [0.5, 0.6) is 0 Å². The fourth-order valence-corrected chi connectivity index (χ4v) is 2.55. The van der Waals surface area contributed by atoms with Gasteiger partial charge in [0.2, 0.25) is 0 Å². The maximum absolute atomic E-state index is 11.8. The zero-order valence-electron chi connectivity index (χ0n) is 12.7. The van der Waals surface area contributed by atoms with E-state index < -0.39 is 5.41 Å². The Balaban J connectivity index is 1.95. The molecular weight excluding hydrogens is 369 g/mol. The predicted molar refractivity (Wildman–Crippen MR) is 85.2 cm³/mol. The second kappa shape index (κ2) is 5.63. The quantitative estimate of drug-likeness (QED) is 0.744. The van der Waals surface area contributed by atoms with Gasteiger partial charge in [0, 0.05) is 5.69 Å². The lowest BCUT2D eigenvalue weighted by Crippen LogP contribution is -2.50. The molecule has 5 nitrogen and oxygen atoms in total. The molecule has 1 aromatic rings. The Kier molecular flexibility index (Phi) is 4.44. The van der Waals surface area contributed by atoms with E-state index in [1.165, 1.54) is 5.69 Å². The standard InChI is InChI=1S/C14H22IN3O2/c1-9(2)11-6-12(15)16-18(11)10-7-17(8-10)20-13(19)14(3,4)5/h6,9-10H,7-8H2,1-5H3. The summed E-state index contributed by atoms with van der Waals surface area (Å²) in [6.07, 6.45) is 0. The van der Waals surface area contributed by atoms with Crippen molar-refractivity contribution in [1.29, 1.82) is 0 Å². The summed E-state index contributed by atoms with van der Waals surface area (Å²) in [5, 5.41) is 6.27. The van der Waals surface area contributed by atoms with Crippen LogP contribution in [-0.4, -0.2) is 33.9 Å². The largest absolute Gasteiger partial charge is 0.367 e. The number of rotatable bonds is 3. The van der Waals surface area contributed by atoms with Crippen LogP contribution in [-0.2, 0) is 9.63 Å². The first-order chi connectivity index (χ1) is 9.18. The molecule has 6 heteroatoms. The summed E-state index contributed by atoms with van der Waals surface area (Å²) in [5.41, 5.74) is 0.774. The molecule has 1 aliphatic rings.